The van der Waals surface area contributed by atoms with Crippen LogP contribution in [-0.2, 0) is 19.1 Å². The first-order valence-corrected chi connectivity index (χ1v) is 9.47. The molecule has 0 saturated carbocycles. The van der Waals surface area contributed by atoms with Gasteiger partial charge in [-0.2, -0.15) is 0 Å². The van der Waals surface area contributed by atoms with Gasteiger partial charge < -0.3 is 14.2 Å². The van der Waals surface area contributed by atoms with Crippen LogP contribution >= 0.6 is 0 Å². The first-order valence-electron chi connectivity index (χ1n) is 9.47. The van der Waals surface area contributed by atoms with Crippen LogP contribution < -0.4 is 4.74 Å². The second-order valence-corrected chi connectivity index (χ2v) is 7.89. The van der Waals surface area contributed by atoms with E-state index in [0.29, 0.717) is 19.0 Å². The van der Waals surface area contributed by atoms with Crippen molar-refractivity contribution in [2.45, 2.75) is 40.7 Å². The van der Waals surface area contributed by atoms with Gasteiger partial charge in [-0.15, -0.1) is 0 Å². The highest BCUT2D eigenvalue weighted by Crippen LogP contribution is 2.57. The third-order valence-corrected chi connectivity index (χ3v) is 6.27. The molecule has 1 aromatic rings. The lowest BCUT2D eigenvalue weighted by molar-refractivity contribution is -0.180. The Morgan fingerprint density at radius 1 is 1.19 bits per heavy atom. The summed E-state index contributed by atoms with van der Waals surface area (Å²) >= 11 is 0. The van der Waals surface area contributed by atoms with Crippen LogP contribution in [-0.4, -0.2) is 25.2 Å². The number of benzene rings is 1. The number of esters is 2. The maximum absolute atomic E-state index is 11.5. The lowest BCUT2D eigenvalue weighted by Gasteiger charge is -2.55. The number of fused-ring (bicyclic) bond motifs is 2. The van der Waals surface area contributed by atoms with E-state index in [4.69, 9.17) is 14.2 Å². The Labute approximate surface area is 160 Å². The van der Waals surface area contributed by atoms with Gasteiger partial charge in [0.2, 0.25) is 0 Å². The molecule has 2 bridgehead atoms. The zero-order chi connectivity index (χ0) is 19.8. The summed E-state index contributed by atoms with van der Waals surface area (Å²) in [5.41, 5.74) is 1.90. The highest BCUT2D eigenvalue weighted by molar-refractivity contribution is 5.70. The summed E-state index contributed by atoms with van der Waals surface area (Å²) < 4.78 is 17.2. The number of ether oxygens (including phenoxy) is 3. The van der Waals surface area contributed by atoms with Crippen molar-refractivity contribution in [2.24, 2.45) is 23.2 Å². The average Bonchev–Trinajstić information content (AvgIpc) is 2.59. The molecule has 27 heavy (non-hydrogen) atoms. The molecule has 0 unspecified atom stereocenters. The first-order chi connectivity index (χ1) is 12.8. The molecular weight excluding hydrogens is 344 g/mol. The molecular formula is C22H28O5. The first kappa shape index (κ1) is 19.6. The van der Waals surface area contributed by atoms with Crippen molar-refractivity contribution in [3.63, 3.8) is 0 Å². The van der Waals surface area contributed by atoms with E-state index in [0.717, 1.165) is 5.56 Å². The summed E-state index contributed by atoms with van der Waals surface area (Å²) in [6, 6.07) is 7.54. The molecule has 5 heteroatoms. The van der Waals surface area contributed by atoms with Gasteiger partial charge in [-0.3, -0.25) is 9.59 Å². The van der Waals surface area contributed by atoms with Gasteiger partial charge in [-0.25, -0.2) is 0 Å². The summed E-state index contributed by atoms with van der Waals surface area (Å²) in [6.45, 7) is 10.2. The van der Waals surface area contributed by atoms with Crippen molar-refractivity contribution in [1.29, 1.82) is 0 Å². The highest BCUT2D eigenvalue weighted by atomic mass is 16.5. The van der Waals surface area contributed by atoms with E-state index in [9.17, 15) is 9.59 Å². The van der Waals surface area contributed by atoms with Crippen molar-refractivity contribution in [3.05, 3.63) is 41.5 Å². The van der Waals surface area contributed by atoms with E-state index in [1.165, 1.54) is 19.4 Å². The second-order valence-electron chi connectivity index (χ2n) is 7.89. The van der Waals surface area contributed by atoms with Crippen LogP contribution in [0, 0.1) is 23.2 Å². The molecule has 0 amide bonds. The molecule has 2 aliphatic rings. The van der Waals surface area contributed by atoms with Gasteiger partial charge in [0.25, 0.3) is 0 Å². The Balaban J connectivity index is 1.98. The van der Waals surface area contributed by atoms with Crippen LogP contribution in [0.5, 0.6) is 5.75 Å². The fourth-order valence-corrected chi connectivity index (χ4v) is 4.74. The lowest BCUT2D eigenvalue weighted by atomic mass is 9.56. The van der Waals surface area contributed by atoms with Crippen molar-refractivity contribution >= 4 is 11.9 Å². The minimum atomic E-state index is -0.347. The molecule has 1 heterocycles. The Kier molecular flexibility index (Phi) is 5.43. The Morgan fingerprint density at radius 3 is 2.56 bits per heavy atom. The predicted molar refractivity (Wildman–Crippen MR) is 101 cm³/mol. The molecule has 1 fully saturated rings. The van der Waals surface area contributed by atoms with E-state index in [1.54, 1.807) is 6.07 Å². The molecule has 5 atom stereocenters. The maximum atomic E-state index is 11.5. The van der Waals surface area contributed by atoms with Crippen LogP contribution in [0.4, 0.5) is 0 Å². The third kappa shape index (κ3) is 3.53. The largest absolute Gasteiger partial charge is 0.465 e. The molecule has 0 radical (unpaired) electrons. The van der Waals surface area contributed by atoms with Crippen molar-refractivity contribution < 1.29 is 23.8 Å². The van der Waals surface area contributed by atoms with Gasteiger partial charge in [0.05, 0.1) is 19.3 Å². The number of carbonyl (C=O) groups is 2. The number of carbonyl (C=O) groups excluding carboxylic acids is 2. The highest BCUT2D eigenvalue weighted by Gasteiger charge is 2.54. The zero-order valence-corrected chi connectivity index (χ0v) is 16.7. The second kappa shape index (κ2) is 7.47. The molecule has 1 aliphatic carbocycles. The van der Waals surface area contributed by atoms with Gasteiger partial charge in [0.1, 0.15) is 5.75 Å². The van der Waals surface area contributed by atoms with Crippen LogP contribution in [0.2, 0.25) is 0 Å². The molecule has 3 rings (SSSR count). The molecule has 0 spiro atoms. The lowest BCUT2D eigenvalue weighted by Crippen LogP contribution is -2.54. The SMILES string of the molecule is CC(=O)OC[C@]12CO[C@H](c3ccccc3OC(C)=O)[C@@H](C(C)=C[C@H]1C)[C@@H]2C. The molecule has 0 N–H and O–H groups in total. The number of hydrogen-bond donors (Lipinski definition) is 0. The summed E-state index contributed by atoms with van der Waals surface area (Å²) in [5, 5.41) is 0. The van der Waals surface area contributed by atoms with Crippen molar-refractivity contribution in [1.82, 2.24) is 0 Å². The van der Waals surface area contributed by atoms with Crippen molar-refractivity contribution in [2.75, 3.05) is 13.2 Å². The van der Waals surface area contributed by atoms with E-state index >= 15 is 0 Å². The van der Waals surface area contributed by atoms with Gasteiger partial charge in [-0.1, -0.05) is 43.7 Å². The number of hydrogen-bond acceptors (Lipinski definition) is 5. The smallest absolute Gasteiger partial charge is 0.308 e. The van der Waals surface area contributed by atoms with E-state index < -0.39 is 0 Å². The van der Waals surface area contributed by atoms with Gasteiger partial charge in [-0.05, 0) is 24.8 Å². The Morgan fingerprint density at radius 2 is 1.89 bits per heavy atom. The zero-order valence-electron chi connectivity index (χ0n) is 16.7. The number of para-hydroxylation sites is 1. The molecule has 1 aliphatic heterocycles. The number of allylic oxidation sites excluding steroid dienone is 1. The van der Waals surface area contributed by atoms with Gasteiger partial charge >= 0.3 is 11.9 Å². The van der Waals surface area contributed by atoms with Crippen LogP contribution in [0.25, 0.3) is 0 Å². The summed E-state index contributed by atoms with van der Waals surface area (Å²) in [7, 11) is 0. The minimum Gasteiger partial charge on any atom is -0.465 e. The van der Waals surface area contributed by atoms with E-state index in [1.807, 2.05) is 18.2 Å². The predicted octanol–water partition coefficient (Wildman–Crippen LogP) is 4.08. The Bertz CT molecular complexity index is 768. The summed E-state index contributed by atoms with van der Waals surface area (Å²) in [6.07, 6.45) is 2.07. The molecule has 0 aromatic heterocycles. The summed E-state index contributed by atoms with van der Waals surface area (Å²) in [4.78, 5) is 22.9. The van der Waals surface area contributed by atoms with Gasteiger partial charge in [0, 0.05) is 30.7 Å². The summed E-state index contributed by atoms with van der Waals surface area (Å²) in [5.74, 6) is 0.547. The quantitative estimate of drug-likeness (QED) is 0.453. The van der Waals surface area contributed by atoms with Crippen LogP contribution in [0.1, 0.15) is 46.3 Å². The molecule has 1 aromatic carbocycles. The molecule has 1 saturated heterocycles. The fraction of sp³-hybridized carbons (Fsp3) is 0.545. The average molecular weight is 372 g/mol. The molecule has 5 nitrogen and oxygen atoms in total. The maximum Gasteiger partial charge on any atom is 0.308 e. The van der Waals surface area contributed by atoms with E-state index in [-0.39, 0.29) is 41.2 Å². The Hall–Kier alpha value is -2.14. The van der Waals surface area contributed by atoms with Crippen LogP contribution in [0.15, 0.2) is 35.9 Å². The van der Waals surface area contributed by atoms with E-state index in [2.05, 4.69) is 26.8 Å². The van der Waals surface area contributed by atoms with Gasteiger partial charge in [0.15, 0.2) is 0 Å². The van der Waals surface area contributed by atoms with Crippen molar-refractivity contribution in [3.8, 4) is 5.75 Å². The minimum absolute atomic E-state index is 0.127. The normalized spacial score (nSPS) is 32.4. The third-order valence-electron chi connectivity index (χ3n) is 6.27. The monoisotopic (exact) mass is 372 g/mol. The topological polar surface area (TPSA) is 61.8 Å². The standard InChI is InChI=1S/C22H28O5/c1-13-10-14(2)22(11-25-16(4)23)12-26-21(20(13)15(22)3)18-8-6-7-9-19(18)27-17(5)24/h6-10,14-15,20-21H,11-12H2,1-5H3/t14-,15+,20+,21-,22+/m1/s1. The van der Waals surface area contributed by atoms with Crippen LogP contribution in [0.3, 0.4) is 0 Å². The molecule has 146 valence electrons. The fourth-order valence-electron chi connectivity index (χ4n) is 4.74. The number of rotatable bonds is 4.